The molecule has 7 heteroatoms. The summed E-state index contributed by atoms with van der Waals surface area (Å²) in [6.07, 6.45) is 1.27. The minimum Gasteiger partial charge on any atom is -0.493 e. The molecule has 0 unspecified atom stereocenters. The fourth-order valence-corrected chi connectivity index (χ4v) is 2.57. The molecule has 0 spiro atoms. The lowest BCUT2D eigenvalue weighted by Crippen LogP contribution is -2.20. The second-order valence-corrected chi connectivity index (χ2v) is 5.84. The standard InChI is InChI=1S/C17H17BrN2O4/c1-11-3-5-13(6-4-11)20-16(21)10-24-17-14(18)7-12(9-19-22)8-15(17)23-2/h3-9,22H,10H2,1-2H3,(H,20,21)/b19-9+. The van der Waals surface area contributed by atoms with Gasteiger partial charge in [-0.05, 0) is 47.1 Å². The summed E-state index contributed by atoms with van der Waals surface area (Å²) in [4.78, 5) is 12.0. The number of nitrogens with zero attached hydrogens (tertiary/aromatic N) is 1. The van der Waals surface area contributed by atoms with Crippen molar-refractivity contribution in [3.05, 3.63) is 52.0 Å². The summed E-state index contributed by atoms with van der Waals surface area (Å²) in [5.41, 5.74) is 2.44. The SMILES string of the molecule is COc1cc(/C=N/O)cc(Br)c1OCC(=O)Nc1ccc(C)cc1. The number of aryl methyl sites for hydroxylation is 1. The van der Waals surface area contributed by atoms with E-state index in [1.807, 2.05) is 31.2 Å². The van der Waals surface area contributed by atoms with E-state index < -0.39 is 0 Å². The molecule has 0 aromatic heterocycles. The molecule has 0 fully saturated rings. The first-order valence-corrected chi connectivity index (χ1v) is 7.87. The van der Waals surface area contributed by atoms with Crippen LogP contribution in [0.5, 0.6) is 11.5 Å². The fourth-order valence-electron chi connectivity index (χ4n) is 1.99. The van der Waals surface area contributed by atoms with Crippen molar-refractivity contribution in [3.8, 4) is 11.5 Å². The maximum absolute atomic E-state index is 12.0. The number of ether oxygens (including phenoxy) is 2. The Balaban J connectivity index is 2.05. The van der Waals surface area contributed by atoms with Crippen molar-refractivity contribution in [2.75, 3.05) is 19.0 Å². The van der Waals surface area contributed by atoms with Crippen LogP contribution in [0.4, 0.5) is 5.69 Å². The topological polar surface area (TPSA) is 80.2 Å². The number of halogens is 1. The van der Waals surface area contributed by atoms with E-state index in [4.69, 9.17) is 14.7 Å². The van der Waals surface area contributed by atoms with Crippen LogP contribution >= 0.6 is 15.9 Å². The van der Waals surface area contributed by atoms with Crippen molar-refractivity contribution in [1.82, 2.24) is 0 Å². The predicted octanol–water partition coefficient (Wildman–Crippen LogP) is 3.59. The Hall–Kier alpha value is -2.54. The van der Waals surface area contributed by atoms with Crippen LogP contribution in [0.15, 0.2) is 46.0 Å². The highest BCUT2D eigenvalue weighted by Gasteiger charge is 2.13. The number of nitrogens with one attached hydrogen (secondary N) is 1. The average molecular weight is 393 g/mol. The zero-order valence-electron chi connectivity index (χ0n) is 13.2. The number of carbonyl (C=O) groups is 1. The Bertz CT molecular complexity index is 745. The van der Waals surface area contributed by atoms with Gasteiger partial charge in [0.15, 0.2) is 18.1 Å². The molecule has 0 aliphatic rings. The summed E-state index contributed by atoms with van der Waals surface area (Å²) in [7, 11) is 1.49. The van der Waals surface area contributed by atoms with Gasteiger partial charge in [-0.2, -0.15) is 0 Å². The van der Waals surface area contributed by atoms with Crippen molar-refractivity contribution in [2.24, 2.45) is 5.16 Å². The summed E-state index contributed by atoms with van der Waals surface area (Å²) < 4.78 is 11.4. The molecular formula is C17H17BrN2O4. The van der Waals surface area contributed by atoms with E-state index in [9.17, 15) is 4.79 Å². The quantitative estimate of drug-likeness (QED) is 0.447. The maximum atomic E-state index is 12.0. The highest BCUT2D eigenvalue weighted by molar-refractivity contribution is 9.10. The van der Waals surface area contributed by atoms with Crippen molar-refractivity contribution in [3.63, 3.8) is 0 Å². The summed E-state index contributed by atoms with van der Waals surface area (Å²) in [5, 5.41) is 14.3. The third-order valence-corrected chi connectivity index (χ3v) is 3.73. The van der Waals surface area contributed by atoms with Gasteiger partial charge in [0.1, 0.15) is 0 Å². The van der Waals surface area contributed by atoms with E-state index in [-0.39, 0.29) is 12.5 Å². The number of amides is 1. The third-order valence-electron chi connectivity index (χ3n) is 3.14. The predicted molar refractivity (Wildman–Crippen MR) is 95.4 cm³/mol. The number of benzene rings is 2. The lowest BCUT2D eigenvalue weighted by Gasteiger charge is -2.13. The lowest BCUT2D eigenvalue weighted by molar-refractivity contribution is -0.118. The molecule has 0 saturated carbocycles. The average Bonchev–Trinajstić information content (AvgIpc) is 2.56. The molecule has 0 bridgehead atoms. The van der Waals surface area contributed by atoms with Gasteiger partial charge in [0.2, 0.25) is 0 Å². The van der Waals surface area contributed by atoms with Crippen LogP contribution in [0.2, 0.25) is 0 Å². The van der Waals surface area contributed by atoms with E-state index in [1.54, 1.807) is 12.1 Å². The first kappa shape index (κ1) is 17.8. The molecule has 0 aliphatic carbocycles. The zero-order valence-corrected chi connectivity index (χ0v) is 14.8. The van der Waals surface area contributed by atoms with Crippen LogP contribution < -0.4 is 14.8 Å². The first-order valence-electron chi connectivity index (χ1n) is 7.07. The minimum atomic E-state index is -0.284. The number of rotatable bonds is 6. The smallest absolute Gasteiger partial charge is 0.262 e. The maximum Gasteiger partial charge on any atom is 0.262 e. The van der Waals surface area contributed by atoms with Crippen LogP contribution in [-0.2, 0) is 4.79 Å². The van der Waals surface area contributed by atoms with Gasteiger partial charge in [0.05, 0.1) is 17.8 Å². The van der Waals surface area contributed by atoms with Gasteiger partial charge in [-0.25, -0.2) is 0 Å². The van der Waals surface area contributed by atoms with E-state index in [2.05, 4.69) is 26.4 Å². The number of carbonyl (C=O) groups excluding carboxylic acids is 1. The number of oxime groups is 1. The third kappa shape index (κ3) is 4.73. The molecule has 0 aliphatic heterocycles. The van der Waals surface area contributed by atoms with Crippen molar-refractivity contribution in [1.29, 1.82) is 0 Å². The Kier molecular flexibility index (Phi) is 6.20. The van der Waals surface area contributed by atoms with Gasteiger partial charge >= 0.3 is 0 Å². The largest absolute Gasteiger partial charge is 0.493 e. The minimum absolute atomic E-state index is 0.170. The summed E-state index contributed by atoms with van der Waals surface area (Å²) in [5.74, 6) is 0.530. The molecule has 2 aromatic rings. The van der Waals surface area contributed by atoms with E-state index in [0.717, 1.165) is 5.56 Å². The van der Waals surface area contributed by atoms with Gasteiger partial charge in [-0.1, -0.05) is 22.9 Å². The number of hydrogen-bond donors (Lipinski definition) is 2. The van der Waals surface area contributed by atoms with Crippen LogP contribution in [0, 0.1) is 6.92 Å². The molecule has 2 rings (SSSR count). The fraction of sp³-hybridized carbons (Fsp3) is 0.176. The van der Waals surface area contributed by atoms with Crippen LogP contribution in [0.1, 0.15) is 11.1 Å². The molecule has 0 radical (unpaired) electrons. The molecule has 126 valence electrons. The van der Waals surface area contributed by atoms with Gasteiger partial charge in [-0.3, -0.25) is 4.79 Å². The number of anilines is 1. The highest BCUT2D eigenvalue weighted by atomic mass is 79.9. The summed E-state index contributed by atoms with van der Waals surface area (Å²) >= 11 is 3.35. The monoisotopic (exact) mass is 392 g/mol. The molecule has 2 N–H and O–H groups in total. The van der Waals surface area contributed by atoms with Crippen LogP contribution in [-0.4, -0.2) is 31.0 Å². The van der Waals surface area contributed by atoms with Crippen molar-refractivity contribution >= 4 is 33.7 Å². The summed E-state index contributed by atoms with van der Waals surface area (Å²) in [6, 6.07) is 10.8. The summed E-state index contributed by atoms with van der Waals surface area (Å²) in [6.45, 7) is 1.81. The zero-order chi connectivity index (χ0) is 17.5. The molecule has 6 nitrogen and oxygen atoms in total. The van der Waals surface area contributed by atoms with E-state index in [0.29, 0.717) is 27.2 Å². The van der Waals surface area contributed by atoms with Crippen molar-refractivity contribution < 1.29 is 19.5 Å². The molecule has 24 heavy (non-hydrogen) atoms. The first-order chi connectivity index (χ1) is 11.5. The van der Waals surface area contributed by atoms with Crippen LogP contribution in [0.3, 0.4) is 0 Å². The molecular weight excluding hydrogens is 376 g/mol. The van der Waals surface area contributed by atoms with Gasteiger partial charge in [0, 0.05) is 11.3 Å². The normalized spacial score (nSPS) is 10.6. The number of methoxy groups -OCH3 is 1. The molecule has 1 amide bonds. The van der Waals surface area contributed by atoms with Gasteiger partial charge in [0.25, 0.3) is 5.91 Å². The molecule has 0 saturated heterocycles. The molecule has 0 atom stereocenters. The number of hydrogen-bond acceptors (Lipinski definition) is 5. The second-order valence-electron chi connectivity index (χ2n) is 4.98. The molecule has 0 heterocycles. The van der Waals surface area contributed by atoms with Gasteiger partial charge < -0.3 is 20.0 Å². The Labute approximate surface area is 148 Å². The van der Waals surface area contributed by atoms with Crippen molar-refractivity contribution in [2.45, 2.75) is 6.92 Å². The Morgan fingerprint density at radius 3 is 2.67 bits per heavy atom. The highest BCUT2D eigenvalue weighted by Crippen LogP contribution is 2.36. The second kappa shape index (κ2) is 8.35. The Morgan fingerprint density at radius 1 is 1.33 bits per heavy atom. The van der Waals surface area contributed by atoms with E-state index >= 15 is 0 Å². The van der Waals surface area contributed by atoms with E-state index in [1.165, 1.54) is 13.3 Å². The lowest BCUT2D eigenvalue weighted by atomic mass is 10.2. The molecule has 2 aromatic carbocycles. The van der Waals surface area contributed by atoms with Gasteiger partial charge in [-0.15, -0.1) is 0 Å². The van der Waals surface area contributed by atoms with Crippen LogP contribution in [0.25, 0.3) is 0 Å². The Morgan fingerprint density at radius 2 is 2.04 bits per heavy atom.